The minimum atomic E-state index is 0.446. The fourth-order valence-corrected chi connectivity index (χ4v) is 3.28. The molecule has 1 rings (SSSR count). The van der Waals surface area contributed by atoms with Crippen molar-refractivity contribution in [2.24, 2.45) is 5.92 Å². The van der Waals surface area contributed by atoms with E-state index in [4.69, 9.17) is 4.74 Å². The van der Waals surface area contributed by atoms with Gasteiger partial charge in [-0.2, -0.15) is 11.8 Å². The largest absolute Gasteiger partial charge is 0.381 e. The van der Waals surface area contributed by atoms with Crippen molar-refractivity contribution >= 4 is 11.8 Å². The Hall–Kier alpha value is 0.270. The fraction of sp³-hybridized carbons (Fsp3) is 1.00. The standard InChI is InChI=1S/C12H25NOS/c1-4-15-12(5-7-14-8-6-12)10-13-9-11(2)3/h11,13H,4-10H2,1-3H3. The zero-order valence-electron chi connectivity index (χ0n) is 10.3. The number of hydrogen-bond acceptors (Lipinski definition) is 3. The molecular formula is C12H25NOS. The van der Waals surface area contributed by atoms with Crippen LogP contribution in [0.3, 0.4) is 0 Å². The molecule has 0 aromatic rings. The molecule has 0 aliphatic carbocycles. The van der Waals surface area contributed by atoms with Crippen molar-refractivity contribution in [1.82, 2.24) is 5.32 Å². The van der Waals surface area contributed by atoms with Gasteiger partial charge in [-0.05, 0) is 31.1 Å². The molecule has 1 fully saturated rings. The summed E-state index contributed by atoms with van der Waals surface area (Å²) in [5.41, 5.74) is 0. The van der Waals surface area contributed by atoms with Crippen molar-refractivity contribution in [2.45, 2.75) is 38.4 Å². The Morgan fingerprint density at radius 1 is 1.33 bits per heavy atom. The number of nitrogens with one attached hydrogen (secondary N) is 1. The average molecular weight is 231 g/mol. The summed E-state index contributed by atoms with van der Waals surface area (Å²) < 4.78 is 5.90. The molecule has 1 saturated heterocycles. The van der Waals surface area contributed by atoms with Crippen LogP contribution < -0.4 is 5.32 Å². The summed E-state index contributed by atoms with van der Waals surface area (Å²) in [5, 5.41) is 3.60. The highest BCUT2D eigenvalue weighted by molar-refractivity contribution is 8.00. The van der Waals surface area contributed by atoms with Crippen molar-refractivity contribution in [3.63, 3.8) is 0 Å². The molecule has 0 bridgehead atoms. The first-order chi connectivity index (χ1) is 7.18. The van der Waals surface area contributed by atoms with Gasteiger partial charge in [0.2, 0.25) is 0 Å². The lowest BCUT2D eigenvalue weighted by molar-refractivity contribution is 0.0770. The highest BCUT2D eigenvalue weighted by Crippen LogP contribution is 2.34. The van der Waals surface area contributed by atoms with Crippen LogP contribution in [0.25, 0.3) is 0 Å². The van der Waals surface area contributed by atoms with Gasteiger partial charge in [-0.3, -0.25) is 0 Å². The molecule has 90 valence electrons. The summed E-state index contributed by atoms with van der Waals surface area (Å²) in [5.74, 6) is 1.96. The van der Waals surface area contributed by atoms with Crippen molar-refractivity contribution in [3.8, 4) is 0 Å². The maximum atomic E-state index is 5.46. The zero-order chi connectivity index (χ0) is 11.1. The van der Waals surface area contributed by atoms with E-state index in [-0.39, 0.29) is 0 Å². The molecule has 0 spiro atoms. The summed E-state index contributed by atoms with van der Waals surface area (Å²) >= 11 is 2.11. The molecular weight excluding hydrogens is 206 g/mol. The first-order valence-corrected chi connectivity index (χ1v) is 7.09. The van der Waals surface area contributed by atoms with Gasteiger partial charge in [-0.25, -0.2) is 0 Å². The number of thioether (sulfide) groups is 1. The van der Waals surface area contributed by atoms with Crippen LogP contribution >= 0.6 is 11.8 Å². The van der Waals surface area contributed by atoms with Crippen LogP contribution in [-0.2, 0) is 4.74 Å². The first-order valence-electron chi connectivity index (χ1n) is 6.11. The van der Waals surface area contributed by atoms with E-state index in [0.717, 1.165) is 32.2 Å². The Kier molecular flexibility index (Phi) is 6.02. The van der Waals surface area contributed by atoms with Gasteiger partial charge in [0.25, 0.3) is 0 Å². The Morgan fingerprint density at radius 3 is 2.53 bits per heavy atom. The van der Waals surface area contributed by atoms with E-state index < -0.39 is 0 Å². The van der Waals surface area contributed by atoms with Gasteiger partial charge in [-0.15, -0.1) is 0 Å². The topological polar surface area (TPSA) is 21.3 Å². The maximum absolute atomic E-state index is 5.46. The SMILES string of the molecule is CCSC1(CNCC(C)C)CCOCC1. The average Bonchev–Trinajstić information content (AvgIpc) is 2.19. The van der Waals surface area contributed by atoms with Crippen LogP contribution in [0.15, 0.2) is 0 Å². The summed E-state index contributed by atoms with van der Waals surface area (Å²) in [4.78, 5) is 0. The normalized spacial score (nSPS) is 20.8. The van der Waals surface area contributed by atoms with E-state index in [1.807, 2.05) is 0 Å². The molecule has 0 saturated carbocycles. The molecule has 1 heterocycles. The molecule has 2 nitrogen and oxygen atoms in total. The third kappa shape index (κ3) is 4.75. The maximum Gasteiger partial charge on any atom is 0.0479 e. The molecule has 15 heavy (non-hydrogen) atoms. The second-order valence-corrected chi connectivity index (χ2v) is 6.49. The Morgan fingerprint density at radius 2 is 2.00 bits per heavy atom. The van der Waals surface area contributed by atoms with E-state index in [0.29, 0.717) is 4.75 Å². The molecule has 0 aromatic carbocycles. The molecule has 0 aromatic heterocycles. The molecule has 0 radical (unpaired) electrons. The second kappa shape index (κ2) is 6.77. The van der Waals surface area contributed by atoms with Crippen molar-refractivity contribution < 1.29 is 4.74 Å². The van der Waals surface area contributed by atoms with E-state index >= 15 is 0 Å². The first kappa shape index (κ1) is 13.3. The highest BCUT2D eigenvalue weighted by Gasteiger charge is 2.31. The monoisotopic (exact) mass is 231 g/mol. The van der Waals surface area contributed by atoms with E-state index in [9.17, 15) is 0 Å². The molecule has 1 aliphatic rings. The van der Waals surface area contributed by atoms with E-state index in [1.165, 1.54) is 18.6 Å². The molecule has 0 unspecified atom stereocenters. The van der Waals surface area contributed by atoms with Gasteiger partial charge < -0.3 is 10.1 Å². The zero-order valence-corrected chi connectivity index (χ0v) is 11.2. The minimum absolute atomic E-state index is 0.446. The lowest BCUT2D eigenvalue weighted by Crippen LogP contribution is -2.43. The van der Waals surface area contributed by atoms with Crippen molar-refractivity contribution in [3.05, 3.63) is 0 Å². The Balaban J connectivity index is 2.34. The van der Waals surface area contributed by atoms with Gasteiger partial charge in [0.1, 0.15) is 0 Å². The second-order valence-electron chi connectivity index (χ2n) is 4.75. The summed E-state index contributed by atoms with van der Waals surface area (Å²) in [7, 11) is 0. The van der Waals surface area contributed by atoms with Gasteiger partial charge >= 0.3 is 0 Å². The van der Waals surface area contributed by atoms with Gasteiger partial charge in [0, 0.05) is 24.5 Å². The molecule has 1 aliphatic heterocycles. The number of hydrogen-bond donors (Lipinski definition) is 1. The fourth-order valence-electron chi connectivity index (χ4n) is 2.01. The Labute approximate surface area is 98.5 Å². The van der Waals surface area contributed by atoms with Crippen LogP contribution in [0, 0.1) is 5.92 Å². The van der Waals surface area contributed by atoms with Gasteiger partial charge in [0.15, 0.2) is 0 Å². The number of ether oxygens (including phenoxy) is 1. The molecule has 1 N–H and O–H groups in total. The quantitative estimate of drug-likeness (QED) is 0.759. The highest BCUT2D eigenvalue weighted by atomic mass is 32.2. The smallest absolute Gasteiger partial charge is 0.0479 e. The van der Waals surface area contributed by atoms with E-state index in [1.54, 1.807) is 0 Å². The predicted octanol–water partition coefficient (Wildman–Crippen LogP) is 2.53. The molecule has 0 amide bonds. The predicted molar refractivity (Wildman–Crippen MR) is 68.6 cm³/mol. The van der Waals surface area contributed by atoms with Crippen LogP contribution in [0.4, 0.5) is 0 Å². The lowest BCUT2D eigenvalue weighted by atomic mass is 9.99. The third-order valence-electron chi connectivity index (χ3n) is 2.85. The number of rotatable bonds is 6. The Bertz CT molecular complexity index is 161. The van der Waals surface area contributed by atoms with Gasteiger partial charge in [-0.1, -0.05) is 20.8 Å². The van der Waals surface area contributed by atoms with Crippen LogP contribution in [-0.4, -0.2) is 36.8 Å². The van der Waals surface area contributed by atoms with Crippen molar-refractivity contribution in [1.29, 1.82) is 0 Å². The van der Waals surface area contributed by atoms with Crippen LogP contribution in [0.5, 0.6) is 0 Å². The van der Waals surface area contributed by atoms with Crippen molar-refractivity contribution in [2.75, 3.05) is 32.1 Å². The lowest BCUT2D eigenvalue weighted by Gasteiger charge is -2.37. The minimum Gasteiger partial charge on any atom is -0.381 e. The van der Waals surface area contributed by atoms with E-state index in [2.05, 4.69) is 37.8 Å². The molecule has 0 atom stereocenters. The third-order valence-corrected chi connectivity index (χ3v) is 4.31. The van der Waals surface area contributed by atoms with Crippen LogP contribution in [0.2, 0.25) is 0 Å². The summed E-state index contributed by atoms with van der Waals surface area (Å²) in [6, 6.07) is 0. The van der Waals surface area contributed by atoms with Crippen LogP contribution in [0.1, 0.15) is 33.6 Å². The molecule has 3 heteroatoms. The summed E-state index contributed by atoms with van der Waals surface area (Å²) in [6.45, 7) is 10.9. The summed E-state index contributed by atoms with van der Waals surface area (Å²) in [6.07, 6.45) is 2.41. The van der Waals surface area contributed by atoms with Gasteiger partial charge in [0.05, 0.1) is 0 Å².